The van der Waals surface area contributed by atoms with E-state index >= 15 is 0 Å². The van der Waals surface area contributed by atoms with E-state index in [1.165, 1.54) is 12.2 Å². The number of halogens is 4. The van der Waals surface area contributed by atoms with Gasteiger partial charge in [-0.05, 0) is 100.0 Å². The van der Waals surface area contributed by atoms with Crippen molar-refractivity contribution in [1.29, 1.82) is 0 Å². The molecule has 68 heavy (non-hydrogen) atoms. The molecule has 0 saturated carbocycles. The number of hydrogen-bond donors (Lipinski definition) is 3. The van der Waals surface area contributed by atoms with Gasteiger partial charge in [-0.25, -0.2) is 8.78 Å². The van der Waals surface area contributed by atoms with Crippen LogP contribution in [0.4, 0.5) is 8.78 Å². The third-order valence-corrected chi connectivity index (χ3v) is 7.29. The molecule has 0 rings (SSSR count). The maximum Gasteiger partial charge on any atom is 0.251 e. The van der Waals surface area contributed by atoms with Crippen molar-refractivity contribution < 1.29 is 47.1 Å². The van der Waals surface area contributed by atoms with E-state index in [-0.39, 0.29) is 94.3 Å². The molecule has 0 aliphatic rings. The largest absolute Gasteiger partial charge is 0.353 e. The summed E-state index contributed by atoms with van der Waals surface area (Å²) in [5.41, 5.74) is 0. The number of carbonyl (C=O) groups is 8. The molecule has 0 aromatic heterocycles. The van der Waals surface area contributed by atoms with E-state index in [9.17, 15) is 47.1 Å². The highest BCUT2D eigenvalue weighted by Gasteiger charge is 2.05. The summed E-state index contributed by atoms with van der Waals surface area (Å²) < 4.78 is 22.6. The smallest absolute Gasteiger partial charge is 0.251 e. The van der Waals surface area contributed by atoms with Crippen molar-refractivity contribution in [1.82, 2.24) is 25.8 Å². The molecule has 0 radical (unpaired) electrons. The molecule has 0 atom stereocenters. The Bertz CT molecular complexity index is 1370. The molecule has 0 bridgehead atoms. The topological polar surface area (TPSA) is 179 Å². The Balaban J connectivity index is -0.000000102. The van der Waals surface area contributed by atoms with Crippen molar-refractivity contribution in [3.05, 3.63) is 49.6 Å². The van der Waals surface area contributed by atoms with Crippen LogP contribution < -0.4 is 16.0 Å². The molecule has 400 valence electrons. The van der Waals surface area contributed by atoms with Crippen LogP contribution in [0.15, 0.2) is 49.6 Å². The number of nitrogens with zero attached hydrogens (tertiary/aromatic N) is 2. The standard InChI is InChI=1S/C10H19NO.C9H17NO.C6H11NO.C6H10O.C5H10ClNO.C5H9ClO.C5H10FNO.C5H9FO/c1-9(2)8-10(12)6-5-7-11(3)4;1-8(2)9(11)6-5-7-10(3)4;1-4-6(8)7-5(2)3;1-4-6(7)5(2)3;1-4(2)7-5(8)3-6;1-4(2)5(7)3-6;1-4(2)7-5(8)3-6;1-4(2)5(7)3-6/h5-6,9H,7-8H2,1-4H3;5-6,8H,7H2,1-4H3;4-5H,1H2,2-3H3,(H,7,8);4-5H,1H2,2-3H3;4H,3H2,1-2H3,(H,7,8);4H,3H2,1-2H3;4H,3H2,1-2H3,(H,7,8);4H,3H2,1-2H3/b2*6-5+;;;;;;. The van der Waals surface area contributed by atoms with E-state index in [1.807, 2.05) is 119 Å². The summed E-state index contributed by atoms with van der Waals surface area (Å²) in [5, 5.41) is 7.64. The molecule has 0 heterocycles. The molecule has 0 unspecified atom stereocenters. The van der Waals surface area contributed by atoms with Crippen LogP contribution in [0.25, 0.3) is 0 Å². The molecule has 0 saturated heterocycles. The third kappa shape index (κ3) is 85.4. The average Bonchev–Trinajstić information content (AvgIpc) is 3.22. The van der Waals surface area contributed by atoms with Gasteiger partial charge in [-0.2, -0.15) is 0 Å². The Kier molecular flexibility index (Phi) is 66.4. The Morgan fingerprint density at radius 2 is 0.882 bits per heavy atom. The molecule has 0 fully saturated rings. The zero-order chi connectivity index (χ0) is 55.7. The lowest BCUT2D eigenvalue weighted by molar-refractivity contribution is -0.123. The summed E-state index contributed by atoms with van der Waals surface area (Å²) in [5.74, 6) is 0.410. The van der Waals surface area contributed by atoms with Gasteiger partial charge in [0.15, 0.2) is 29.8 Å². The lowest BCUT2D eigenvalue weighted by Crippen LogP contribution is -2.31. The van der Waals surface area contributed by atoms with E-state index in [2.05, 4.69) is 43.0 Å². The van der Waals surface area contributed by atoms with Gasteiger partial charge in [0.25, 0.3) is 5.91 Å². The second-order valence-electron chi connectivity index (χ2n) is 17.8. The monoisotopic (exact) mass is 1010 g/mol. The maximum absolute atomic E-state index is 11.3. The van der Waals surface area contributed by atoms with E-state index in [1.54, 1.807) is 39.8 Å². The van der Waals surface area contributed by atoms with Crippen molar-refractivity contribution >= 4 is 69.8 Å². The number of allylic oxidation sites excluding steroid dienone is 3. The van der Waals surface area contributed by atoms with Crippen LogP contribution in [0.1, 0.15) is 117 Å². The number of ketones is 5. The first kappa shape index (κ1) is 81.1. The Hall–Kier alpha value is -3.92. The van der Waals surface area contributed by atoms with Gasteiger partial charge in [0.1, 0.15) is 18.3 Å². The zero-order valence-corrected chi connectivity index (χ0v) is 47.1. The molecule has 0 aromatic carbocycles. The van der Waals surface area contributed by atoms with Gasteiger partial charge in [0.05, 0.1) is 5.88 Å². The molecule has 3 N–H and O–H groups in total. The quantitative estimate of drug-likeness (QED) is 0.0743. The number of rotatable bonds is 21. The van der Waals surface area contributed by atoms with Gasteiger partial charge in [0.2, 0.25) is 11.8 Å². The molecule has 0 aliphatic carbocycles. The predicted octanol–water partition coefficient (Wildman–Crippen LogP) is 9.00. The fraction of sp³-hybridized carbons (Fsp3) is 0.686. The van der Waals surface area contributed by atoms with Gasteiger partial charge in [0, 0.05) is 61.3 Å². The van der Waals surface area contributed by atoms with Crippen LogP contribution in [-0.4, -0.2) is 141 Å². The van der Waals surface area contributed by atoms with Crippen LogP contribution in [0.2, 0.25) is 0 Å². The third-order valence-electron chi connectivity index (χ3n) is 6.79. The number of nitrogens with one attached hydrogen (secondary N) is 3. The molecule has 0 aliphatic heterocycles. The van der Waals surface area contributed by atoms with Crippen molar-refractivity contribution in [2.24, 2.45) is 29.6 Å². The minimum atomic E-state index is -0.918. The second-order valence-corrected chi connectivity index (χ2v) is 18.3. The molecular formula is C51H95Cl2F2N5O8. The number of alkyl halides is 4. The van der Waals surface area contributed by atoms with Gasteiger partial charge in [-0.15, -0.1) is 23.2 Å². The number of carbonyl (C=O) groups excluding carboxylic acids is 8. The Morgan fingerprint density at radius 1 is 0.500 bits per heavy atom. The summed E-state index contributed by atoms with van der Waals surface area (Å²) in [6.07, 6.45) is 10.4. The second kappa shape index (κ2) is 55.7. The highest BCUT2D eigenvalue weighted by Crippen LogP contribution is 2.00. The molecule has 3 amide bonds. The molecule has 13 nitrogen and oxygen atoms in total. The highest BCUT2D eigenvalue weighted by atomic mass is 35.5. The van der Waals surface area contributed by atoms with Crippen LogP contribution in [0.3, 0.4) is 0 Å². The highest BCUT2D eigenvalue weighted by molar-refractivity contribution is 6.28. The normalized spacial score (nSPS) is 10.2. The summed E-state index contributed by atoms with van der Waals surface area (Å²) in [7, 11) is 7.92. The summed E-state index contributed by atoms with van der Waals surface area (Å²) in [6, 6.07) is 0.444. The maximum atomic E-state index is 11.3. The molecular weight excluding hydrogens is 919 g/mol. The number of likely N-dealkylation sites (N-methyl/N-ethyl adjacent to an activating group) is 2. The zero-order valence-electron chi connectivity index (χ0n) is 45.6. The molecule has 17 heteroatoms. The van der Waals surface area contributed by atoms with Crippen LogP contribution in [0, 0.1) is 29.6 Å². The van der Waals surface area contributed by atoms with E-state index < -0.39 is 19.3 Å². The lowest BCUT2D eigenvalue weighted by Gasteiger charge is -2.03. The minimum absolute atomic E-state index is 0.0400. The molecule has 0 aromatic rings. The van der Waals surface area contributed by atoms with Crippen LogP contribution >= 0.6 is 23.2 Å². The van der Waals surface area contributed by atoms with Gasteiger partial charge in [-0.1, -0.05) is 94.5 Å². The van der Waals surface area contributed by atoms with E-state index in [0.29, 0.717) is 12.3 Å². The first-order chi connectivity index (χ1) is 31.1. The number of amides is 3. The summed E-state index contributed by atoms with van der Waals surface area (Å²) in [4.78, 5) is 88.0. The SMILES string of the molecule is C=CC(=O)C(C)C.C=CC(=O)NC(C)C.CC(C)C(=O)/C=C/CN(C)C.CC(C)C(=O)CCl.CC(C)C(=O)CF.CC(C)CC(=O)/C=C/CN(C)C.CC(C)NC(=O)CCl.CC(C)NC(=O)CF. The average molecular weight is 1020 g/mol. The molecule has 0 spiro atoms. The summed E-state index contributed by atoms with van der Waals surface area (Å²) in [6.45, 7) is 36.4. The van der Waals surface area contributed by atoms with Crippen LogP contribution in [0.5, 0.6) is 0 Å². The van der Waals surface area contributed by atoms with Gasteiger partial charge >= 0.3 is 0 Å². The van der Waals surface area contributed by atoms with Gasteiger partial charge in [-0.3, -0.25) is 38.4 Å². The van der Waals surface area contributed by atoms with Crippen molar-refractivity contribution in [3.8, 4) is 0 Å². The number of Topliss-reactive ketones (excluding diaryl/α,β-unsaturated/α-hetero) is 2. The fourth-order valence-corrected chi connectivity index (χ4v) is 3.43. The van der Waals surface area contributed by atoms with E-state index in [0.717, 1.165) is 13.1 Å². The first-order valence-corrected chi connectivity index (χ1v) is 23.8. The number of hydrogen-bond acceptors (Lipinski definition) is 10. The Morgan fingerprint density at radius 3 is 1.04 bits per heavy atom. The Labute approximate surface area is 422 Å². The van der Waals surface area contributed by atoms with E-state index in [4.69, 9.17) is 23.2 Å². The van der Waals surface area contributed by atoms with Gasteiger partial charge < -0.3 is 25.8 Å². The first-order valence-electron chi connectivity index (χ1n) is 22.8. The predicted molar refractivity (Wildman–Crippen MR) is 283 cm³/mol. The van der Waals surface area contributed by atoms with Crippen molar-refractivity contribution in [3.63, 3.8) is 0 Å². The van der Waals surface area contributed by atoms with Crippen molar-refractivity contribution in [2.75, 3.05) is 66.4 Å². The minimum Gasteiger partial charge on any atom is -0.353 e. The van der Waals surface area contributed by atoms with Crippen molar-refractivity contribution in [2.45, 2.75) is 135 Å². The fourth-order valence-electron chi connectivity index (χ4n) is 3.05. The summed E-state index contributed by atoms with van der Waals surface area (Å²) >= 11 is 10.4. The lowest BCUT2D eigenvalue weighted by atomic mass is 10.1. The van der Waals surface area contributed by atoms with Crippen LogP contribution in [-0.2, 0) is 38.4 Å².